The van der Waals surface area contributed by atoms with Crippen LogP contribution in [0.1, 0.15) is 47.0 Å². The minimum absolute atomic E-state index is 0.129. The zero-order valence-corrected chi connectivity index (χ0v) is 15.2. The molecule has 1 aliphatic rings. The Kier molecular flexibility index (Phi) is 6.98. The SMILES string of the molecule is CCC(CC)C1CCN(C(=NC)NCC(C)(C)N(C)C)C1. The van der Waals surface area contributed by atoms with Crippen molar-refractivity contribution < 1.29 is 0 Å². The van der Waals surface area contributed by atoms with E-state index in [2.05, 4.69) is 61.9 Å². The van der Waals surface area contributed by atoms with Gasteiger partial charge in [-0.15, -0.1) is 0 Å². The number of hydrogen-bond donors (Lipinski definition) is 1. The lowest BCUT2D eigenvalue weighted by Gasteiger charge is -2.34. The molecule has 1 aliphatic heterocycles. The molecule has 4 heteroatoms. The predicted octanol–water partition coefficient (Wildman–Crippen LogP) is 2.66. The van der Waals surface area contributed by atoms with Gasteiger partial charge < -0.3 is 15.1 Å². The first kappa shape index (κ1) is 18.3. The Morgan fingerprint density at radius 3 is 2.43 bits per heavy atom. The first-order valence-electron chi connectivity index (χ1n) is 8.48. The molecule has 1 saturated heterocycles. The van der Waals surface area contributed by atoms with Gasteiger partial charge in [0.2, 0.25) is 0 Å². The van der Waals surface area contributed by atoms with Gasteiger partial charge in [0.25, 0.3) is 0 Å². The van der Waals surface area contributed by atoms with Gasteiger partial charge in [0.1, 0.15) is 0 Å². The van der Waals surface area contributed by atoms with Crippen molar-refractivity contribution in [3.8, 4) is 0 Å². The van der Waals surface area contributed by atoms with Crippen LogP contribution < -0.4 is 5.32 Å². The van der Waals surface area contributed by atoms with Crippen molar-refractivity contribution >= 4 is 5.96 Å². The number of nitrogens with zero attached hydrogens (tertiary/aromatic N) is 3. The Morgan fingerprint density at radius 2 is 1.95 bits per heavy atom. The highest BCUT2D eigenvalue weighted by atomic mass is 15.3. The third-order valence-corrected chi connectivity index (χ3v) is 5.34. The first-order chi connectivity index (χ1) is 9.85. The van der Waals surface area contributed by atoms with Crippen LogP contribution in [0.15, 0.2) is 4.99 Å². The maximum Gasteiger partial charge on any atom is 0.193 e. The molecule has 0 bridgehead atoms. The minimum atomic E-state index is 0.129. The summed E-state index contributed by atoms with van der Waals surface area (Å²) in [4.78, 5) is 9.18. The fourth-order valence-corrected chi connectivity index (χ4v) is 3.11. The molecule has 1 unspecified atom stereocenters. The molecule has 1 N–H and O–H groups in total. The smallest absolute Gasteiger partial charge is 0.193 e. The average molecular weight is 297 g/mol. The molecular weight excluding hydrogens is 260 g/mol. The summed E-state index contributed by atoms with van der Waals surface area (Å²) in [6, 6.07) is 0. The number of aliphatic imine (C=N–C) groups is 1. The Labute approximate surface area is 132 Å². The molecule has 1 atom stereocenters. The highest BCUT2D eigenvalue weighted by Crippen LogP contribution is 2.28. The van der Waals surface area contributed by atoms with Gasteiger partial charge in [-0.25, -0.2) is 0 Å². The highest BCUT2D eigenvalue weighted by molar-refractivity contribution is 5.80. The quantitative estimate of drug-likeness (QED) is 0.604. The Balaban J connectivity index is 2.56. The van der Waals surface area contributed by atoms with Crippen LogP contribution >= 0.6 is 0 Å². The number of guanidine groups is 1. The third-order valence-electron chi connectivity index (χ3n) is 5.34. The Morgan fingerprint density at radius 1 is 1.33 bits per heavy atom. The molecule has 0 aliphatic carbocycles. The molecule has 0 aromatic carbocycles. The Bertz CT molecular complexity index is 332. The molecule has 1 fully saturated rings. The van der Waals surface area contributed by atoms with E-state index in [4.69, 9.17) is 0 Å². The summed E-state index contributed by atoms with van der Waals surface area (Å²) >= 11 is 0. The van der Waals surface area contributed by atoms with Gasteiger partial charge >= 0.3 is 0 Å². The summed E-state index contributed by atoms with van der Waals surface area (Å²) in [5.41, 5.74) is 0.129. The molecule has 4 nitrogen and oxygen atoms in total. The molecule has 0 amide bonds. The van der Waals surface area contributed by atoms with E-state index < -0.39 is 0 Å². The van der Waals surface area contributed by atoms with Gasteiger partial charge in [-0.3, -0.25) is 4.99 Å². The van der Waals surface area contributed by atoms with E-state index in [1.165, 1.54) is 19.3 Å². The molecule has 0 radical (unpaired) electrons. The van der Waals surface area contributed by atoms with E-state index in [0.29, 0.717) is 0 Å². The maximum absolute atomic E-state index is 4.49. The van der Waals surface area contributed by atoms with Crippen molar-refractivity contribution in [1.29, 1.82) is 0 Å². The predicted molar refractivity (Wildman–Crippen MR) is 92.9 cm³/mol. The van der Waals surface area contributed by atoms with Crippen LogP contribution in [0.5, 0.6) is 0 Å². The second-order valence-electron chi connectivity index (χ2n) is 7.18. The van der Waals surface area contributed by atoms with E-state index in [1.807, 2.05) is 7.05 Å². The highest BCUT2D eigenvalue weighted by Gasteiger charge is 2.30. The lowest BCUT2D eigenvalue weighted by molar-refractivity contribution is 0.196. The van der Waals surface area contributed by atoms with E-state index in [9.17, 15) is 0 Å². The third kappa shape index (κ3) is 4.87. The molecule has 0 aromatic heterocycles. The van der Waals surface area contributed by atoms with Crippen LogP contribution in [-0.4, -0.2) is 62.1 Å². The standard InChI is InChI=1S/C17H36N4/c1-8-14(9-2)15-10-11-21(12-15)16(18-5)19-13-17(3,4)20(6)7/h14-15H,8-13H2,1-7H3,(H,18,19). The van der Waals surface area contributed by atoms with Crippen LogP contribution in [0, 0.1) is 11.8 Å². The summed E-state index contributed by atoms with van der Waals surface area (Å²) in [7, 11) is 6.16. The van der Waals surface area contributed by atoms with Crippen molar-refractivity contribution in [3.63, 3.8) is 0 Å². The lowest BCUT2D eigenvalue weighted by atomic mass is 9.87. The summed E-state index contributed by atoms with van der Waals surface area (Å²) in [5, 5.41) is 3.56. The zero-order valence-electron chi connectivity index (χ0n) is 15.2. The van der Waals surface area contributed by atoms with Gasteiger partial charge in [-0.2, -0.15) is 0 Å². The molecular formula is C17H36N4. The van der Waals surface area contributed by atoms with E-state index in [1.54, 1.807) is 0 Å². The van der Waals surface area contributed by atoms with Crippen LogP contribution in [0.4, 0.5) is 0 Å². The molecule has 0 spiro atoms. The number of rotatable bonds is 6. The van der Waals surface area contributed by atoms with E-state index >= 15 is 0 Å². The number of likely N-dealkylation sites (N-methyl/N-ethyl adjacent to an activating group) is 1. The van der Waals surface area contributed by atoms with Gasteiger partial charge in [-0.1, -0.05) is 26.7 Å². The van der Waals surface area contributed by atoms with Crippen LogP contribution in [0.3, 0.4) is 0 Å². The Hall–Kier alpha value is -0.770. The first-order valence-corrected chi connectivity index (χ1v) is 8.48. The van der Waals surface area contributed by atoms with E-state index in [-0.39, 0.29) is 5.54 Å². The fraction of sp³-hybridized carbons (Fsp3) is 0.941. The average Bonchev–Trinajstić information content (AvgIpc) is 2.90. The topological polar surface area (TPSA) is 30.9 Å². The zero-order chi connectivity index (χ0) is 16.0. The lowest BCUT2D eigenvalue weighted by Crippen LogP contribution is -2.51. The number of nitrogens with one attached hydrogen (secondary N) is 1. The van der Waals surface area contributed by atoms with Gasteiger partial charge in [-0.05, 0) is 46.2 Å². The molecule has 124 valence electrons. The largest absolute Gasteiger partial charge is 0.354 e. The van der Waals surface area contributed by atoms with Crippen molar-refractivity contribution in [2.75, 3.05) is 40.8 Å². The second-order valence-corrected chi connectivity index (χ2v) is 7.18. The molecule has 0 aromatic rings. The number of likely N-dealkylation sites (tertiary alicyclic amines) is 1. The molecule has 1 rings (SSSR count). The molecule has 0 saturated carbocycles. The second kappa shape index (κ2) is 8.02. The van der Waals surface area contributed by atoms with Gasteiger partial charge in [0.15, 0.2) is 5.96 Å². The fourth-order valence-electron chi connectivity index (χ4n) is 3.11. The van der Waals surface area contributed by atoms with Crippen LogP contribution in [-0.2, 0) is 0 Å². The van der Waals surface area contributed by atoms with Crippen molar-refractivity contribution in [2.24, 2.45) is 16.8 Å². The van der Waals surface area contributed by atoms with Crippen molar-refractivity contribution in [2.45, 2.75) is 52.5 Å². The van der Waals surface area contributed by atoms with Crippen LogP contribution in [0.25, 0.3) is 0 Å². The molecule has 1 heterocycles. The summed E-state index contributed by atoms with van der Waals surface area (Å²) < 4.78 is 0. The van der Waals surface area contributed by atoms with Crippen molar-refractivity contribution in [3.05, 3.63) is 0 Å². The van der Waals surface area contributed by atoms with E-state index in [0.717, 1.165) is 37.4 Å². The minimum Gasteiger partial charge on any atom is -0.354 e. The summed E-state index contributed by atoms with van der Waals surface area (Å²) in [6.07, 6.45) is 3.91. The maximum atomic E-state index is 4.49. The summed E-state index contributed by atoms with van der Waals surface area (Å²) in [5.74, 6) is 2.77. The monoisotopic (exact) mass is 296 g/mol. The van der Waals surface area contributed by atoms with Gasteiger partial charge in [0, 0.05) is 32.2 Å². The van der Waals surface area contributed by atoms with Crippen LogP contribution in [0.2, 0.25) is 0 Å². The molecule has 21 heavy (non-hydrogen) atoms. The summed E-state index contributed by atoms with van der Waals surface area (Å²) in [6.45, 7) is 12.4. The van der Waals surface area contributed by atoms with Crippen molar-refractivity contribution in [1.82, 2.24) is 15.1 Å². The van der Waals surface area contributed by atoms with Gasteiger partial charge in [0.05, 0.1) is 0 Å². The normalized spacial score (nSPS) is 20.7. The number of hydrogen-bond acceptors (Lipinski definition) is 2.